The first-order valence-electron chi connectivity index (χ1n) is 7.94. The van der Waals surface area contributed by atoms with E-state index in [-0.39, 0.29) is 6.04 Å². The largest absolute Gasteiger partial charge is 0.326 e. The van der Waals surface area contributed by atoms with Gasteiger partial charge in [0.2, 0.25) is 0 Å². The van der Waals surface area contributed by atoms with Crippen molar-refractivity contribution in [3.63, 3.8) is 0 Å². The van der Waals surface area contributed by atoms with E-state index >= 15 is 0 Å². The molecule has 0 amide bonds. The third kappa shape index (κ3) is 2.80. The first-order valence-corrected chi connectivity index (χ1v) is 8.82. The van der Waals surface area contributed by atoms with Crippen LogP contribution in [-0.4, -0.2) is 48.1 Å². The van der Waals surface area contributed by atoms with Crippen LogP contribution in [0.2, 0.25) is 0 Å². The zero-order valence-electron chi connectivity index (χ0n) is 12.7. The van der Waals surface area contributed by atoms with E-state index in [4.69, 9.17) is 5.73 Å². The monoisotopic (exact) mass is 293 g/mol. The second-order valence-corrected chi connectivity index (χ2v) is 7.40. The minimum atomic E-state index is 0.195. The molecule has 0 aromatic carbocycles. The van der Waals surface area contributed by atoms with Crippen LogP contribution in [0.1, 0.15) is 42.7 Å². The molecule has 2 fully saturated rings. The van der Waals surface area contributed by atoms with Crippen LogP contribution >= 0.6 is 11.3 Å². The number of nitrogens with zero attached hydrogens (tertiary/aromatic N) is 2. The van der Waals surface area contributed by atoms with E-state index < -0.39 is 0 Å². The van der Waals surface area contributed by atoms with Crippen molar-refractivity contribution < 1.29 is 0 Å². The molecule has 2 aliphatic rings. The summed E-state index contributed by atoms with van der Waals surface area (Å²) in [4.78, 5) is 6.84. The van der Waals surface area contributed by atoms with Crippen molar-refractivity contribution in [1.82, 2.24) is 9.80 Å². The number of rotatable bonds is 3. The molecule has 3 unspecified atom stereocenters. The Balaban J connectivity index is 1.82. The van der Waals surface area contributed by atoms with Crippen molar-refractivity contribution in [2.75, 3.05) is 26.2 Å². The maximum absolute atomic E-state index is 6.37. The molecule has 3 nitrogen and oxygen atoms in total. The third-order valence-corrected chi connectivity index (χ3v) is 5.99. The molecule has 1 aromatic rings. The molecular formula is C16H27N3S. The Kier molecular flexibility index (Phi) is 4.46. The van der Waals surface area contributed by atoms with Crippen LogP contribution in [0.5, 0.6) is 0 Å². The summed E-state index contributed by atoms with van der Waals surface area (Å²) in [5.74, 6) is 0. The van der Waals surface area contributed by atoms with E-state index in [1.165, 1.54) is 55.9 Å². The van der Waals surface area contributed by atoms with Gasteiger partial charge in [-0.2, -0.15) is 0 Å². The molecule has 2 aliphatic heterocycles. The lowest BCUT2D eigenvalue weighted by atomic mass is 10.0. The van der Waals surface area contributed by atoms with Crippen LogP contribution in [0.4, 0.5) is 0 Å². The van der Waals surface area contributed by atoms with Gasteiger partial charge in [-0.1, -0.05) is 0 Å². The molecule has 0 bridgehead atoms. The van der Waals surface area contributed by atoms with Gasteiger partial charge in [-0.15, -0.1) is 11.3 Å². The fourth-order valence-electron chi connectivity index (χ4n) is 3.91. The molecule has 20 heavy (non-hydrogen) atoms. The number of fused-ring (bicyclic) bond motifs is 1. The van der Waals surface area contributed by atoms with E-state index in [1.54, 1.807) is 0 Å². The highest BCUT2D eigenvalue weighted by molar-refractivity contribution is 7.10. The maximum Gasteiger partial charge on any atom is 0.0593 e. The Bertz CT molecular complexity index is 443. The summed E-state index contributed by atoms with van der Waals surface area (Å²) in [6.07, 6.45) is 4.02. The van der Waals surface area contributed by atoms with Crippen LogP contribution in [0.15, 0.2) is 11.4 Å². The molecule has 0 aliphatic carbocycles. The summed E-state index contributed by atoms with van der Waals surface area (Å²) < 4.78 is 0. The molecule has 0 radical (unpaired) electrons. The van der Waals surface area contributed by atoms with Crippen molar-refractivity contribution in [3.05, 3.63) is 21.9 Å². The highest BCUT2D eigenvalue weighted by Gasteiger charge is 2.34. The quantitative estimate of drug-likeness (QED) is 0.930. The van der Waals surface area contributed by atoms with Crippen LogP contribution in [0.25, 0.3) is 0 Å². The van der Waals surface area contributed by atoms with E-state index in [1.807, 2.05) is 11.3 Å². The van der Waals surface area contributed by atoms with Gasteiger partial charge in [-0.3, -0.25) is 9.80 Å². The van der Waals surface area contributed by atoms with E-state index in [2.05, 4.69) is 35.1 Å². The highest BCUT2D eigenvalue weighted by Crippen LogP contribution is 2.33. The van der Waals surface area contributed by atoms with Gasteiger partial charge in [-0.25, -0.2) is 0 Å². The lowest BCUT2D eigenvalue weighted by Gasteiger charge is -2.35. The second kappa shape index (κ2) is 6.14. The standard InChI is InChI=1S/C16H27N3S/c1-12-6-10-20-16(12)15(13(2)17)19-9-4-8-18-7-3-5-14(18)11-19/h6,10,13-15H,3-5,7-9,11,17H2,1-2H3. The van der Waals surface area contributed by atoms with Crippen molar-refractivity contribution in [3.8, 4) is 0 Å². The van der Waals surface area contributed by atoms with Gasteiger partial charge in [0.05, 0.1) is 6.04 Å². The molecule has 2 saturated heterocycles. The summed E-state index contributed by atoms with van der Waals surface area (Å²) in [7, 11) is 0. The van der Waals surface area contributed by atoms with Gasteiger partial charge in [0.1, 0.15) is 0 Å². The lowest BCUT2D eigenvalue weighted by molar-refractivity contribution is 0.159. The summed E-state index contributed by atoms with van der Waals surface area (Å²) in [6.45, 7) is 9.36. The minimum Gasteiger partial charge on any atom is -0.326 e. The van der Waals surface area contributed by atoms with Gasteiger partial charge >= 0.3 is 0 Å². The number of thiophene rings is 1. The molecule has 2 N–H and O–H groups in total. The molecule has 3 rings (SSSR count). The smallest absolute Gasteiger partial charge is 0.0593 e. The van der Waals surface area contributed by atoms with Gasteiger partial charge in [0.15, 0.2) is 0 Å². The predicted octanol–water partition coefficient (Wildman–Crippen LogP) is 2.61. The predicted molar refractivity (Wildman–Crippen MR) is 86.2 cm³/mol. The van der Waals surface area contributed by atoms with Crippen molar-refractivity contribution in [2.45, 2.75) is 51.2 Å². The Hall–Kier alpha value is -0.420. The van der Waals surface area contributed by atoms with Crippen LogP contribution in [0, 0.1) is 6.92 Å². The molecule has 112 valence electrons. The SMILES string of the molecule is Cc1ccsc1C(C(C)N)N1CCCN2CCCC2C1. The van der Waals surface area contributed by atoms with Crippen molar-refractivity contribution >= 4 is 11.3 Å². The van der Waals surface area contributed by atoms with Crippen LogP contribution in [-0.2, 0) is 0 Å². The Morgan fingerprint density at radius 2 is 2.10 bits per heavy atom. The Morgan fingerprint density at radius 3 is 2.80 bits per heavy atom. The summed E-state index contributed by atoms with van der Waals surface area (Å²) >= 11 is 1.88. The minimum absolute atomic E-state index is 0.195. The molecular weight excluding hydrogens is 266 g/mol. The fraction of sp³-hybridized carbons (Fsp3) is 0.750. The Morgan fingerprint density at radius 1 is 1.30 bits per heavy atom. The number of hydrogen-bond acceptors (Lipinski definition) is 4. The lowest BCUT2D eigenvalue weighted by Crippen LogP contribution is -2.43. The Labute approximate surface area is 126 Å². The molecule has 3 heterocycles. The molecule has 0 saturated carbocycles. The van der Waals surface area contributed by atoms with Gasteiger partial charge < -0.3 is 5.73 Å². The molecule has 1 aromatic heterocycles. The molecule has 4 heteroatoms. The average molecular weight is 293 g/mol. The van der Waals surface area contributed by atoms with E-state index in [0.717, 1.165) is 6.04 Å². The topological polar surface area (TPSA) is 32.5 Å². The van der Waals surface area contributed by atoms with Gasteiger partial charge in [0.25, 0.3) is 0 Å². The second-order valence-electron chi connectivity index (χ2n) is 6.45. The molecule has 0 spiro atoms. The number of hydrogen-bond donors (Lipinski definition) is 1. The van der Waals surface area contributed by atoms with Crippen LogP contribution < -0.4 is 5.73 Å². The van der Waals surface area contributed by atoms with E-state index in [0.29, 0.717) is 6.04 Å². The summed E-state index contributed by atoms with van der Waals surface area (Å²) in [6, 6.07) is 3.59. The summed E-state index contributed by atoms with van der Waals surface area (Å²) in [5.41, 5.74) is 7.77. The normalized spacial score (nSPS) is 28.1. The third-order valence-electron chi connectivity index (χ3n) is 4.90. The van der Waals surface area contributed by atoms with Crippen molar-refractivity contribution in [2.24, 2.45) is 5.73 Å². The van der Waals surface area contributed by atoms with Crippen molar-refractivity contribution in [1.29, 1.82) is 0 Å². The summed E-state index contributed by atoms with van der Waals surface area (Å²) in [5, 5.41) is 2.21. The maximum atomic E-state index is 6.37. The first-order chi connectivity index (χ1) is 9.66. The zero-order valence-corrected chi connectivity index (χ0v) is 13.5. The van der Waals surface area contributed by atoms with Gasteiger partial charge in [0, 0.05) is 30.1 Å². The average Bonchev–Trinajstić information content (AvgIpc) is 2.96. The zero-order chi connectivity index (χ0) is 14.1. The first kappa shape index (κ1) is 14.5. The fourth-order valence-corrected chi connectivity index (χ4v) is 5.09. The highest BCUT2D eigenvalue weighted by atomic mass is 32.1. The number of nitrogens with two attached hydrogens (primary N) is 1. The van der Waals surface area contributed by atoms with Gasteiger partial charge in [-0.05, 0) is 63.2 Å². The van der Waals surface area contributed by atoms with Crippen LogP contribution in [0.3, 0.4) is 0 Å². The molecule has 3 atom stereocenters. The van der Waals surface area contributed by atoms with E-state index in [9.17, 15) is 0 Å². The number of aryl methyl sites for hydroxylation is 1.